The first-order chi connectivity index (χ1) is 12.6. The number of nitrogens with zero attached hydrogens (tertiary/aromatic N) is 2. The molecule has 3 rings (SSSR count). The summed E-state index contributed by atoms with van der Waals surface area (Å²) >= 11 is 0. The minimum atomic E-state index is -0.477. The largest absolute Gasteiger partial charge is 0.497 e. The van der Waals surface area contributed by atoms with Crippen molar-refractivity contribution in [2.24, 2.45) is 11.0 Å². The normalized spacial score (nSPS) is 16.9. The summed E-state index contributed by atoms with van der Waals surface area (Å²) in [6.07, 6.45) is 1.55. The number of nitrogens with one attached hydrogen (secondary N) is 1. The molecule has 0 aliphatic carbocycles. The zero-order valence-corrected chi connectivity index (χ0v) is 14.2. The first-order valence-corrected chi connectivity index (χ1v) is 8.09. The van der Waals surface area contributed by atoms with Crippen LogP contribution in [0.1, 0.15) is 12.0 Å². The molecule has 1 heterocycles. The maximum atomic E-state index is 12.8. The maximum Gasteiger partial charge on any atom is 0.245 e. The van der Waals surface area contributed by atoms with Gasteiger partial charge in [0.25, 0.3) is 0 Å². The Bertz CT molecular complexity index is 819. The molecule has 1 saturated heterocycles. The lowest BCUT2D eigenvalue weighted by Gasteiger charge is -2.16. The van der Waals surface area contributed by atoms with Crippen molar-refractivity contribution in [3.05, 3.63) is 59.9 Å². The number of amides is 2. The van der Waals surface area contributed by atoms with Gasteiger partial charge in [-0.1, -0.05) is 12.1 Å². The highest BCUT2D eigenvalue weighted by molar-refractivity contribution is 6.00. The Hall–Kier alpha value is -3.22. The maximum absolute atomic E-state index is 12.8. The topological polar surface area (TPSA) is 71.0 Å². The molecule has 0 saturated carbocycles. The monoisotopic (exact) mass is 355 g/mol. The Kier molecular flexibility index (Phi) is 5.26. The van der Waals surface area contributed by atoms with Crippen LogP contribution < -0.4 is 15.1 Å². The van der Waals surface area contributed by atoms with Gasteiger partial charge in [-0.2, -0.15) is 5.10 Å². The van der Waals surface area contributed by atoms with E-state index in [9.17, 15) is 14.0 Å². The summed E-state index contributed by atoms with van der Waals surface area (Å²) < 4.78 is 17.9. The van der Waals surface area contributed by atoms with E-state index < -0.39 is 5.92 Å². The second-order valence-corrected chi connectivity index (χ2v) is 5.89. The summed E-state index contributed by atoms with van der Waals surface area (Å²) in [7, 11) is 1.57. The Morgan fingerprint density at radius 1 is 1.23 bits per heavy atom. The number of rotatable bonds is 5. The third-order valence-corrected chi connectivity index (χ3v) is 4.14. The minimum absolute atomic E-state index is 0.113. The Labute approximate surface area is 150 Å². The van der Waals surface area contributed by atoms with E-state index in [4.69, 9.17) is 4.74 Å². The number of hydrogen-bond donors (Lipinski definition) is 1. The van der Waals surface area contributed by atoms with Crippen molar-refractivity contribution in [3.8, 4) is 5.75 Å². The number of benzene rings is 2. The molecular weight excluding hydrogens is 337 g/mol. The van der Waals surface area contributed by atoms with Crippen LogP contribution in [0.2, 0.25) is 0 Å². The van der Waals surface area contributed by atoms with E-state index in [1.165, 1.54) is 18.3 Å². The fraction of sp³-hybridized carbons (Fsp3) is 0.211. The van der Waals surface area contributed by atoms with E-state index >= 15 is 0 Å². The minimum Gasteiger partial charge on any atom is -0.497 e. The average molecular weight is 355 g/mol. The molecule has 1 fully saturated rings. The molecule has 0 aromatic heterocycles. The molecule has 7 heteroatoms. The molecule has 0 spiro atoms. The number of carbonyl (C=O) groups is 2. The van der Waals surface area contributed by atoms with Crippen molar-refractivity contribution >= 4 is 23.7 Å². The Balaban J connectivity index is 1.58. The molecular formula is C19H18FN3O3. The third-order valence-electron chi connectivity index (χ3n) is 4.14. The van der Waals surface area contributed by atoms with Crippen LogP contribution >= 0.6 is 0 Å². The van der Waals surface area contributed by atoms with Crippen molar-refractivity contribution in [2.75, 3.05) is 18.6 Å². The summed E-state index contributed by atoms with van der Waals surface area (Å²) in [6, 6.07) is 12.8. The highest BCUT2D eigenvalue weighted by atomic mass is 19.1. The summed E-state index contributed by atoms with van der Waals surface area (Å²) in [6.45, 7) is 0.295. The number of carbonyl (C=O) groups excluding carboxylic acids is 2. The second kappa shape index (κ2) is 7.77. The highest BCUT2D eigenvalue weighted by Gasteiger charge is 2.35. The first kappa shape index (κ1) is 17.6. The van der Waals surface area contributed by atoms with Gasteiger partial charge in [0.1, 0.15) is 11.6 Å². The van der Waals surface area contributed by atoms with Crippen LogP contribution in [0, 0.1) is 11.7 Å². The Morgan fingerprint density at radius 3 is 2.58 bits per heavy atom. The summed E-state index contributed by atoms with van der Waals surface area (Å²) in [4.78, 5) is 26.0. The number of hydrazone groups is 1. The summed E-state index contributed by atoms with van der Waals surface area (Å²) in [5, 5.41) is 3.87. The standard InChI is InChI=1S/C19H18FN3O3/c1-26-17-8-6-16(7-9-17)23-12-14(10-18(23)24)19(25)22-21-11-13-2-4-15(20)5-3-13/h2-9,11,14H,10,12H2,1H3,(H,22,25)/t14-/m1/s1. The Morgan fingerprint density at radius 2 is 1.92 bits per heavy atom. The molecule has 1 aliphatic rings. The van der Waals surface area contributed by atoms with Crippen LogP contribution in [0.3, 0.4) is 0 Å². The van der Waals surface area contributed by atoms with Gasteiger partial charge >= 0.3 is 0 Å². The highest BCUT2D eigenvalue weighted by Crippen LogP contribution is 2.26. The molecule has 134 valence electrons. The predicted octanol–water partition coefficient (Wildman–Crippen LogP) is 2.34. The molecule has 1 N–H and O–H groups in total. The van der Waals surface area contributed by atoms with E-state index in [0.29, 0.717) is 17.9 Å². The van der Waals surface area contributed by atoms with E-state index in [1.807, 2.05) is 0 Å². The molecule has 1 aliphatic heterocycles. The number of ether oxygens (including phenoxy) is 1. The summed E-state index contributed by atoms with van der Waals surface area (Å²) in [5.74, 6) is -0.556. The van der Waals surface area contributed by atoms with Gasteiger partial charge in [0.15, 0.2) is 0 Å². The smallest absolute Gasteiger partial charge is 0.245 e. The van der Waals surface area contributed by atoms with Gasteiger partial charge in [-0.3, -0.25) is 9.59 Å². The van der Waals surface area contributed by atoms with Crippen LogP contribution in [-0.4, -0.2) is 31.7 Å². The quantitative estimate of drug-likeness (QED) is 0.661. The van der Waals surface area contributed by atoms with Gasteiger partial charge in [0, 0.05) is 18.7 Å². The molecule has 2 amide bonds. The number of anilines is 1. The molecule has 0 radical (unpaired) electrons. The van der Waals surface area contributed by atoms with Crippen LogP contribution in [0.15, 0.2) is 53.6 Å². The molecule has 2 aromatic rings. The van der Waals surface area contributed by atoms with Gasteiger partial charge < -0.3 is 9.64 Å². The van der Waals surface area contributed by atoms with Crippen molar-refractivity contribution in [3.63, 3.8) is 0 Å². The SMILES string of the molecule is COc1ccc(N2C[C@H](C(=O)NN=Cc3ccc(F)cc3)CC2=O)cc1. The fourth-order valence-corrected chi connectivity index (χ4v) is 2.71. The number of hydrogen-bond acceptors (Lipinski definition) is 4. The van der Waals surface area contributed by atoms with Crippen LogP contribution in [0.5, 0.6) is 5.75 Å². The second-order valence-electron chi connectivity index (χ2n) is 5.89. The van der Waals surface area contributed by atoms with E-state index in [2.05, 4.69) is 10.5 Å². The first-order valence-electron chi connectivity index (χ1n) is 8.09. The lowest BCUT2D eigenvalue weighted by atomic mass is 10.1. The van der Waals surface area contributed by atoms with Gasteiger partial charge in [-0.25, -0.2) is 9.82 Å². The van der Waals surface area contributed by atoms with E-state index in [0.717, 1.165) is 5.69 Å². The van der Waals surface area contributed by atoms with E-state index in [1.54, 1.807) is 48.4 Å². The van der Waals surface area contributed by atoms with Gasteiger partial charge in [0.2, 0.25) is 11.8 Å². The molecule has 2 aromatic carbocycles. The summed E-state index contributed by atoms with van der Waals surface area (Å²) in [5.41, 5.74) is 3.82. The molecule has 26 heavy (non-hydrogen) atoms. The molecule has 0 bridgehead atoms. The van der Waals surface area contributed by atoms with E-state index in [-0.39, 0.29) is 24.1 Å². The third kappa shape index (κ3) is 4.05. The average Bonchev–Trinajstić information content (AvgIpc) is 3.05. The molecule has 0 unspecified atom stereocenters. The van der Waals surface area contributed by atoms with Gasteiger partial charge in [-0.05, 0) is 42.0 Å². The number of methoxy groups -OCH3 is 1. The van der Waals surface area contributed by atoms with Crippen LogP contribution in [-0.2, 0) is 9.59 Å². The van der Waals surface area contributed by atoms with Crippen molar-refractivity contribution in [2.45, 2.75) is 6.42 Å². The molecule has 1 atom stereocenters. The lowest BCUT2D eigenvalue weighted by molar-refractivity contribution is -0.126. The van der Waals surface area contributed by atoms with Gasteiger partial charge in [-0.15, -0.1) is 0 Å². The lowest BCUT2D eigenvalue weighted by Crippen LogP contribution is -2.30. The predicted molar refractivity (Wildman–Crippen MR) is 95.6 cm³/mol. The fourth-order valence-electron chi connectivity index (χ4n) is 2.71. The van der Waals surface area contributed by atoms with Crippen LogP contribution in [0.4, 0.5) is 10.1 Å². The van der Waals surface area contributed by atoms with Crippen molar-refractivity contribution < 1.29 is 18.7 Å². The number of halogens is 1. The zero-order chi connectivity index (χ0) is 18.5. The van der Waals surface area contributed by atoms with Gasteiger partial charge in [0.05, 0.1) is 19.2 Å². The molecule has 6 nitrogen and oxygen atoms in total. The zero-order valence-electron chi connectivity index (χ0n) is 14.2. The van der Waals surface area contributed by atoms with Crippen molar-refractivity contribution in [1.29, 1.82) is 0 Å². The van der Waals surface area contributed by atoms with Crippen molar-refractivity contribution in [1.82, 2.24) is 5.43 Å². The van der Waals surface area contributed by atoms with Crippen LogP contribution in [0.25, 0.3) is 0 Å².